The number of hydrogen-bond donors (Lipinski definition) is 0. The maximum Gasteiger partial charge on any atom is 0.274 e. The molecule has 1 aliphatic rings. The number of fused-ring (bicyclic) bond motifs is 1. The zero-order valence-corrected chi connectivity index (χ0v) is 15.5. The van der Waals surface area contributed by atoms with Crippen molar-refractivity contribution in [1.29, 1.82) is 0 Å². The second-order valence-corrected chi connectivity index (χ2v) is 6.67. The maximum absolute atomic E-state index is 12.7. The van der Waals surface area contributed by atoms with Crippen LogP contribution in [0.2, 0.25) is 0 Å². The van der Waals surface area contributed by atoms with E-state index in [0.29, 0.717) is 18.8 Å². The van der Waals surface area contributed by atoms with Crippen LogP contribution in [0.25, 0.3) is 11.0 Å². The van der Waals surface area contributed by atoms with Gasteiger partial charge in [0.25, 0.3) is 5.91 Å². The van der Waals surface area contributed by atoms with Gasteiger partial charge in [0.15, 0.2) is 11.3 Å². The number of amides is 1. The molecule has 0 radical (unpaired) electrons. The molecule has 4 heterocycles. The van der Waals surface area contributed by atoms with Crippen LogP contribution in [0, 0.1) is 13.8 Å². The van der Waals surface area contributed by atoms with Gasteiger partial charge in [-0.05, 0) is 19.9 Å². The van der Waals surface area contributed by atoms with Crippen molar-refractivity contribution in [2.24, 2.45) is 14.1 Å². The zero-order chi connectivity index (χ0) is 18.4. The zero-order valence-electron chi connectivity index (χ0n) is 15.5. The molecule has 9 nitrogen and oxygen atoms in total. The smallest absolute Gasteiger partial charge is 0.274 e. The molecular formula is C17H22N8O. The summed E-state index contributed by atoms with van der Waals surface area (Å²) in [5.41, 5.74) is 2.31. The van der Waals surface area contributed by atoms with Gasteiger partial charge in [0, 0.05) is 46.0 Å². The molecule has 1 aliphatic heterocycles. The Balaban J connectivity index is 1.53. The average Bonchev–Trinajstić information content (AvgIpc) is 3.17. The van der Waals surface area contributed by atoms with Gasteiger partial charge >= 0.3 is 0 Å². The number of hydrogen-bond acceptors (Lipinski definition) is 6. The van der Waals surface area contributed by atoms with Gasteiger partial charge in [-0.1, -0.05) is 0 Å². The number of aromatic nitrogens is 6. The topological polar surface area (TPSA) is 85.0 Å². The summed E-state index contributed by atoms with van der Waals surface area (Å²) < 4.78 is 3.49. The molecule has 0 spiro atoms. The van der Waals surface area contributed by atoms with E-state index in [1.807, 2.05) is 38.9 Å². The van der Waals surface area contributed by atoms with E-state index in [2.05, 4.69) is 25.1 Å². The molecule has 0 aromatic carbocycles. The third-order valence-corrected chi connectivity index (χ3v) is 4.88. The third-order valence-electron chi connectivity index (χ3n) is 4.88. The van der Waals surface area contributed by atoms with Crippen molar-refractivity contribution in [2.45, 2.75) is 13.8 Å². The molecular weight excluding hydrogens is 332 g/mol. The van der Waals surface area contributed by atoms with Crippen molar-refractivity contribution < 1.29 is 4.79 Å². The van der Waals surface area contributed by atoms with Gasteiger partial charge in [0.1, 0.15) is 11.6 Å². The number of anilines is 1. The Morgan fingerprint density at radius 3 is 2.42 bits per heavy atom. The third kappa shape index (κ3) is 2.69. The first-order valence-corrected chi connectivity index (χ1v) is 8.65. The Morgan fingerprint density at radius 2 is 1.77 bits per heavy atom. The van der Waals surface area contributed by atoms with Crippen molar-refractivity contribution in [3.8, 4) is 0 Å². The molecule has 0 atom stereocenters. The maximum atomic E-state index is 12.7. The van der Waals surface area contributed by atoms with Crippen molar-refractivity contribution in [1.82, 2.24) is 34.4 Å². The number of carbonyl (C=O) groups excluding carboxylic acids is 1. The molecule has 0 saturated carbocycles. The van der Waals surface area contributed by atoms with E-state index >= 15 is 0 Å². The summed E-state index contributed by atoms with van der Waals surface area (Å²) in [5.74, 6) is 1.60. The number of piperazine rings is 1. The summed E-state index contributed by atoms with van der Waals surface area (Å²) >= 11 is 0. The van der Waals surface area contributed by atoms with Crippen LogP contribution in [0.3, 0.4) is 0 Å². The monoisotopic (exact) mass is 354 g/mol. The van der Waals surface area contributed by atoms with Crippen LogP contribution in [0.5, 0.6) is 0 Å². The predicted molar refractivity (Wildman–Crippen MR) is 97.1 cm³/mol. The van der Waals surface area contributed by atoms with Gasteiger partial charge < -0.3 is 9.80 Å². The number of carbonyl (C=O) groups is 1. The lowest BCUT2D eigenvalue weighted by Gasteiger charge is -2.35. The van der Waals surface area contributed by atoms with Crippen LogP contribution < -0.4 is 4.90 Å². The minimum Gasteiger partial charge on any atom is -0.352 e. The normalized spacial score (nSPS) is 15.1. The van der Waals surface area contributed by atoms with Crippen LogP contribution in [0.4, 0.5) is 5.82 Å². The van der Waals surface area contributed by atoms with Gasteiger partial charge in [0.2, 0.25) is 0 Å². The van der Waals surface area contributed by atoms with Crippen LogP contribution >= 0.6 is 0 Å². The lowest BCUT2D eigenvalue weighted by Crippen LogP contribution is -2.49. The molecule has 4 rings (SSSR count). The van der Waals surface area contributed by atoms with Gasteiger partial charge in [-0.3, -0.25) is 14.2 Å². The standard InChI is InChI=1S/C17H22N8O/c1-11-9-14(21-22(11)3)17(26)25-7-5-24(6-8-25)16-13-10-18-23(4)15(13)19-12(2)20-16/h9-10H,5-8H2,1-4H3. The second-order valence-electron chi connectivity index (χ2n) is 6.67. The number of rotatable bonds is 2. The van der Waals surface area contributed by atoms with E-state index in [-0.39, 0.29) is 5.91 Å². The minimum absolute atomic E-state index is 0.0151. The molecule has 0 bridgehead atoms. The Morgan fingerprint density at radius 1 is 1.04 bits per heavy atom. The average molecular weight is 354 g/mol. The summed E-state index contributed by atoms with van der Waals surface area (Å²) in [4.78, 5) is 25.8. The molecule has 0 N–H and O–H groups in total. The number of nitrogens with zero attached hydrogens (tertiary/aromatic N) is 8. The van der Waals surface area contributed by atoms with E-state index in [1.165, 1.54) is 0 Å². The van der Waals surface area contributed by atoms with Crippen molar-refractivity contribution in [3.05, 3.63) is 29.5 Å². The molecule has 1 amide bonds. The van der Waals surface area contributed by atoms with Crippen molar-refractivity contribution in [2.75, 3.05) is 31.1 Å². The van der Waals surface area contributed by atoms with E-state index in [9.17, 15) is 4.79 Å². The lowest BCUT2D eigenvalue weighted by atomic mass is 10.2. The molecule has 0 aliphatic carbocycles. The second kappa shape index (κ2) is 6.08. The number of aryl methyl sites for hydroxylation is 4. The van der Waals surface area contributed by atoms with Crippen molar-refractivity contribution in [3.63, 3.8) is 0 Å². The summed E-state index contributed by atoms with van der Waals surface area (Å²) in [6.45, 7) is 6.55. The molecule has 3 aromatic heterocycles. The molecule has 0 unspecified atom stereocenters. The molecule has 1 fully saturated rings. The fourth-order valence-electron chi connectivity index (χ4n) is 3.30. The molecule has 1 saturated heterocycles. The first-order valence-electron chi connectivity index (χ1n) is 8.65. The SMILES string of the molecule is Cc1nc(N2CCN(C(=O)c3cc(C)n(C)n3)CC2)c2cnn(C)c2n1. The molecule has 136 valence electrons. The predicted octanol–water partition coefficient (Wildman–Crippen LogP) is 0.676. The van der Waals surface area contributed by atoms with E-state index in [1.54, 1.807) is 15.6 Å². The Hall–Kier alpha value is -2.97. The Bertz CT molecular complexity index is 961. The van der Waals surface area contributed by atoms with E-state index in [0.717, 1.165) is 41.5 Å². The van der Waals surface area contributed by atoms with Gasteiger partial charge in [-0.15, -0.1) is 0 Å². The Labute approximate surface area is 151 Å². The highest BCUT2D eigenvalue weighted by Crippen LogP contribution is 2.24. The van der Waals surface area contributed by atoms with Crippen LogP contribution in [0.15, 0.2) is 12.3 Å². The molecule has 26 heavy (non-hydrogen) atoms. The fourth-order valence-corrected chi connectivity index (χ4v) is 3.30. The molecule has 3 aromatic rings. The summed E-state index contributed by atoms with van der Waals surface area (Å²) in [6, 6.07) is 1.83. The first kappa shape index (κ1) is 16.5. The van der Waals surface area contributed by atoms with Gasteiger partial charge in [0.05, 0.1) is 11.6 Å². The minimum atomic E-state index is -0.0151. The molecule has 9 heteroatoms. The summed E-state index contributed by atoms with van der Waals surface area (Å²) in [5, 5.41) is 9.54. The lowest BCUT2D eigenvalue weighted by molar-refractivity contribution is 0.0740. The quantitative estimate of drug-likeness (QED) is 0.673. The largest absolute Gasteiger partial charge is 0.352 e. The van der Waals surface area contributed by atoms with Crippen LogP contribution in [-0.2, 0) is 14.1 Å². The highest BCUT2D eigenvalue weighted by molar-refractivity contribution is 5.93. The van der Waals surface area contributed by atoms with E-state index < -0.39 is 0 Å². The van der Waals surface area contributed by atoms with Gasteiger partial charge in [-0.2, -0.15) is 10.2 Å². The van der Waals surface area contributed by atoms with Crippen LogP contribution in [-0.4, -0.2) is 66.5 Å². The van der Waals surface area contributed by atoms with Gasteiger partial charge in [-0.25, -0.2) is 9.97 Å². The fraction of sp³-hybridized carbons (Fsp3) is 0.471. The highest BCUT2D eigenvalue weighted by atomic mass is 16.2. The Kier molecular flexibility index (Phi) is 3.86. The van der Waals surface area contributed by atoms with Crippen molar-refractivity contribution >= 4 is 22.8 Å². The first-order chi connectivity index (χ1) is 12.4. The summed E-state index contributed by atoms with van der Waals surface area (Å²) in [7, 11) is 3.73. The summed E-state index contributed by atoms with van der Waals surface area (Å²) in [6.07, 6.45) is 1.80. The van der Waals surface area contributed by atoms with E-state index in [4.69, 9.17) is 0 Å². The highest BCUT2D eigenvalue weighted by Gasteiger charge is 2.26. The van der Waals surface area contributed by atoms with Crippen LogP contribution in [0.1, 0.15) is 22.0 Å².